The maximum absolute atomic E-state index is 12.4. The lowest BCUT2D eigenvalue weighted by molar-refractivity contribution is -0.137. The number of pyridine rings is 1. The first kappa shape index (κ1) is 13.7. The van der Waals surface area contributed by atoms with Gasteiger partial charge in [-0.1, -0.05) is 0 Å². The molecule has 96 valence electrons. The second-order valence-electron chi connectivity index (χ2n) is 3.41. The molecule has 1 aromatic rings. The number of aliphatic hydroxyl groups excluding tert-OH is 1. The van der Waals surface area contributed by atoms with Gasteiger partial charge in [0.25, 0.3) is 0 Å². The fourth-order valence-electron chi connectivity index (χ4n) is 1.24. The lowest BCUT2D eigenvalue weighted by atomic mass is 10.2. The number of aliphatic hydroxyl groups is 1. The normalized spacial score (nSPS) is 13.5. The number of ether oxygens (including phenoxy) is 1. The Morgan fingerprint density at radius 1 is 1.53 bits per heavy atom. The molecule has 1 heterocycles. The number of nitrogens with zero attached hydrogens (tertiary/aromatic N) is 1. The number of halogens is 3. The topological polar surface area (TPSA) is 54.4 Å². The molecule has 0 radical (unpaired) electrons. The van der Waals surface area contributed by atoms with Crippen LogP contribution in [0, 0.1) is 0 Å². The molecule has 1 aromatic heterocycles. The first-order valence-corrected chi connectivity index (χ1v) is 4.87. The number of aromatic nitrogens is 1. The van der Waals surface area contributed by atoms with Crippen LogP contribution in [0.3, 0.4) is 0 Å². The van der Waals surface area contributed by atoms with E-state index in [0.29, 0.717) is 0 Å². The van der Waals surface area contributed by atoms with Crippen LogP contribution in [-0.2, 0) is 10.9 Å². The SMILES string of the molecule is COCC(CO)Nc1cc(C(F)(F)F)ccn1. The minimum absolute atomic E-state index is 0.0518. The quantitative estimate of drug-likeness (QED) is 0.832. The van der Waals surface area contributed by atoms with E-state index in [-0.39, 0.29) is 19.0 Å². The molecule has 0 aromatic carbocycles. The minimum atomic E-state index is -4.41. The molecule has 1 unspecified atom stereocenters. The standard InChI is InChI=1S/C10H13F3N2O2/c1-17-6-8(5-16)15-9-4-7(2-3-14-9)10(11,12)13/h2-4,8,16H,5-6H2,1H3,(H,14,15). The van der Waals surface area contributed by atoms with E-state index in [4.69, 9.17) is 9.84 Å². The van der Waals surface area contributed by atoms with Crippen molar-refractivity contribution in [2.24, 2.45) is 0 Å². The monoisotopic (exact) mass is 250 g/mol. The van der Waals surface area contributed by atoms with Gasteiger partial charge in [0.1, 0.15) is 5.82 Å². The zero-order chi connectivity index (χ0) is 12.9. The lowest BCUT2D eigenvalue weighted by Crippen LogP contribution is -2.29. The average Bonchev–Trinajstić information content (AvgIpc) is 2.28. The number of methoxy groups -OCH3 is 1. The van der Waals surface area contributed by atoms with Gasteiger partial charge in [0.05, 0.1) is 24.8 Å². The van der Waals surface area contributed by atoms with Crippen LogP contribution >= 0.6 is 0 Å². The summed E-state index contributed by atoms with van der Waals surface area (Å²) < 4.78 is 42.0. The van der Waals surface area contributed by atoms with Crippen molar-refractivity contribution in [2.75, 3.05) is 25.6 Å². The highest BCUT2D eigenvalue weighted by Gasteiger charge is 2.30. The number of hydrogen-bond acceptors (Lipinski definition) is 4. The number of rotatable bonds is 5. The summed E-state index contributed by atoms with van der Waals surface area (Å²) in [7, 11) is 1.43. The summed E-state index contributed by atoms with van der Waals surface area (Å²) in [5.74, 6) is 0.0518. The van der Waals surface area contributed by atoms with E-state index >= 15 is 0 Å². The summed E-state index contributed by atoms with van der Waals surface area (Å²) >= 11 is 0. The molecule has 17 heavy (non-hydrogen) atoms. The van der Waals surface area contributed by atoms with E-state index < -0.39 is 17.8 Å². The molecule has 0 fully saturated rings. The van der Waals surface area contributed by atoms with Crippen LogP contribution in [0.15, 0.2) is 18.3 Å². The van der Waals surface area contributed by atoms with E-state index in [1.54, 1.807) is 0 Å². The van der Waals surface area contributed by atoms with Crippen molar-refractivity contribution in [1.82, 2.24) is 4.98 Å². The van der Waals surface area contributed by atoms with Gasteiger partial charge in [-0.05, 0) is 12.1 Å². The van der Waals surface area contributed by atoms with Crippen LogP contribution in [-0.4, -0.2) is 36.5 Å². The zero-order valence-electron chi connectivity index (χ0n) is 9.16. The molecule has 7 heteroatoms. The molecule has 0 amide bonds. The fourth-order valence-corrected chi connectivity index (χ4v) is 1.24. The Hall–Kier alpha value is -1.34. The molecular weight excluding hydrogens is 237 g/mol. The van der Waals surface area contributed by atoms with Crippen molar-refractivity contribution >= 4 is 5.82 Å². The smallest absolute Gasteiger partial charge is 0.394 e. The summed E-state index contributed by atoms with van der Waals surface area (Å²) in [5.41, 5.74) is -0.788. The molecule has 0 aliphatic heterocycles. The van der Waals surface area contributed by atoms with E-state index in [0.717, 1.165) is 18.3 Å². The molecule has 2 N–H and O–H groups in total. The minimum Gasteiger partial charge on any atom is -0.394 e. The molecule has 1 atom stereocenters. The highest BCUT2D eigenvalue weighted by molar-refractivity contribution is 5.39. The van der Waals surface area contributed by atoms with Gasteiger partial charge in [0.15, 0.2) is 0 Å². The second kappa shape index (κ2) is 5.83. The van der Waals surface area contributed by atoms with Gasteiger partial charge >= 0.3 is 6.18 Å². The van der Waals surface area contributed by atoms with Gasteiger partial charge in [-0.3, -0.25) is 0 Å². The van der Waals surface area contributed by atoms with Crippen LogP contribution in [0.1, 0.15) is 5.56 Å². The third-order valence-electron chi connectivity index (χ3n) is 2.03. The van der Waals surface area contributed by atoms with E-state index in [1.165, 1.54) is 7.11 Å². The highest BCUT2D eigenvalue weighted by atomic mass is 19.4. The first-order valence-electron chi connectivity index (χ1n) is 4.87. The Morgan fingerprint density at radius 3 is 2.76 bits per heavy atom. The number of anilines is 1. The largest absolute Gasteiger partial charge is 0.416 e. The maximum Gasteiger partial charge on any atom is 0.416 e. The predicted molar refractivity (Wildman–Crippen MR) is 55.6 cm³/mol. The van der Waals surface area contributed by atoms with Crippen molar-refractivity contribution in [1.29, 1.82) is 0 Å². The molecule has 0 aliphatic rings. The van der Waals surface area contributed by atoms with Gasteiger partial charge < -0.3 is 15.2 Å². The molecule has 0 spiro atoms. The molecule has 0 aliphatic carbocycles. The predicted octanol–water partition coefficient (Wildman–Crippen LogP) is 1.52. The first-order chi connectivity index (χ1) is 7.97. The molecule has 0 saturated carbocycles. The number of nitrogens with one attached hydrogen (secondary N) is 1. The van der Waals surface area contributed by atoms with Gasteiger partial charge in [0, 0.05) is 13.3 Å². The van der Waals surface area contributed by atoms with Crippen LogP contribution in [0.5, 0.6) is 0 Å². The highest BCUT2D eigenvalue weighted by Crippen LogP contribution is 2.29. The van der Waals surface area contributed by atoms with E-state index in [9.17, 15) is 13.2 Å². The van der Waals surface area contributed by atoms with Crippen LogP contribution < -0.4 is 5.32 Å². The Labute approximate surface area is 96.4 Å². The number of alkyl halides is 3. The Bertz CT molecular complexity index is 358. The van der Waals surface area contributed by atoms with Gasteiger partial charge in [-0.25, -0.2) is 4.98 Å². The zero-order valence-corrected chi connectivity index (χ0v) is 9.16. The molecular formula is C10H13F3N2O2. The third-order valence-corrected chi connectivity index (χ3v) is 2.03. The summed E-state index contributed by atoms with van der Waals surface area (Å²) in [6.45, 7) is -0.0831. The number of hydrogen-bond donors (Lipinski definition) is 2. The van der Waals surface area contributed by atoms with Gasteiger partial charge in [0.2, 0.25) is 0 Å². The van der Waals surface area contributed by atoms with Gasteiger partial charge in [-0.15, -0.1) is 0 Å². The van der Waals surface area contributed by atoms with Crippen molar-refractivity contribution in [2.45, 2.75) is 12.2 Å². The lowest BCUT2D eigenvalue weighted by Gasteiger charge is -2.16. The second-order valence-corrected chi connectivity index (χ2v) is 3.41. The summed E-state index contributed by atoms with van der Waals surface area (Å²) in [6.07, 6.45) is -3.35. The van der Waals surface area contributed by atoms with Crippen LogP contribution in [0.4, 0.5) is 19.0 Å². The molecule has 4 nitrogen and oxygen atoms in total. The maximum atomic E-state index is 12.4. The Balaban J connectivity index is 2.78. The van der Waals surface area contributed by atoms with E-state index in [2.05, 4.69) is 10.3 Å². The van der Waals surface area contributed by atoms with Crippen LogP contribution in [0.25, 0.3) is 0 Å². The average molecular weight is 250 g/mol. The molecule has 0 bridgehead atoms. The van der Waals surface area contributed by atoms with Crippen molar-refractivity contribution in [3.63, 3.8) is 0 Å². The Kier molecular flexibility index (Phi) is 4.71. The van der Waals surface area contributed by atoms with Crippen molar-refractivity contribution < 1.29 is 23.0 Å². The third kappa shape index (κ3) is 4.20. The Morgan fingerprint density at radius 2 is 2.24 bits per heavy atom. The summed E-state index contributed by atoms with van der Waals surface area (Å²) in [6, 6.07) is 1.28. The fraction of sp³-hybridized carbons (Fsp3) is 0.500. The van der Waals surface area contributed by atoms with Crippen molar-refractivity contribution in [3.8, 4) is 0 Å². The van der Waals surface area contributed by atoms with E-state index in [1.807, 2.05) is 0 Å². The molecule has 1 rings (SSSR count). The van der Waals surface area contributed by atoms with Crippen LogP contribution in [0.2, 0.25) is 0 Å². The van der Waals surface area contributed by atoms with Crippen molar-refractivity contribution in [3.05, 3.63) is 23.9 Å². The molecule has 0 saturated heterocycles. The van der Waals surface area contributed by atoms with Gasteiger partial charge in [-0.2, -0.15) is 13.2 Å². The summed E-state index contributed by atoms with van der Waals surface area (Å²) in [5, 5.41) is 11.6. The summed E-state index contributed by atoms with van der Waals surface area (Å²) in [4.78, 5) is 3.75.